The van der Waals surface area contributed by atoms with E-state index in [1.807, 2.05) is 16.8 Å². The van der Waals surface area contributed by atoms with Crippen LogP contribution in [0.5, 0.6) is 0 Å². The van der Waals surface area contributed by atoms with E-state index in [1.165, 1.54) is 60.9 Å². The number of aromatic nitrogens is 5. The average molecular weight is 429 g/mol. The molecule has 0 radical (unpaired) electrons. The molecule has 6 nitrogen and oxygen atoms in total. The molecular formula is C26H32N6. The Kier molecular flexibility index (Phi) is 6.30. The topological polar surface area (TPSA) is 62.6 Å². The van der Waals surface area contributed by atoms with E-state index in [0.29, 0.717) is 5.92 Å². The van der Waals surface area contributed by atoms with Crippen LogP contribution >= 0.6 is 0 Å². The maximum Gasteiger partial charge on any atom is 0.123 e. The van der Waals surface area contributed by atoms with Crippen LogP contribution in [0.3, 0.4) is 0 Å². The SMILES string of the molecule is C[C@@H](CN1CCC(CCCc2c[nH]c3ccc(-n4cnnc4)cc23)CC1)c1ccccn1. The second kappa shape index (κ2) is 9.65. The smallest absolute Gasteiger partial charge is 0.123 e. The molecule has 0 aliphatic carbocycles. The molecule has 1 N–H and O–H groups in total. The van der Waals surface area contributed by atoms with Gasteiger partial charge in [-0.15, -0.1) is 10.2 Å². The molecule has 1 saturated heterocycles. The molecule has 0 bridgehead atoms. The largest absolute Gasteiger partial charge is 0.361 e. The maximum atomic E-state index is 4.53. The third kappa shape index (κ3) is 4.75. The monoisotopic (exact) mass is 428 g/mol. The minimum atomic E-state index is 0.498. The van der Waals surface area contributed by atoms with Crippen molar-refractivity contribution in [1.82, 2.24) is 29.6 Å². The number of pyridine rings is 1. The number of piperidine rings is 1. The van der Waals surface area contributed by atoms with Crippen LogP contribution in [0.1, 0.15) is 49.8 Å². The molecule has 4 aromatic rings. The summed E-state index contributed by atoms with van der Waals surface area (Å²) >= 11 is 0. The first-order valence-corrected chi connectivity index (χ1v) is 11.8. The third-order valence-electron chi connectivity index (χ3n) is 6.96. The molecule has 32 heavy (non-hydrogen) atoms. The van der Waals surface area contributed by atoms with Gasteiger partial charge < -0.3 is 9.88 Å². The van der Waals surface area contributed by atoms with E-state index in [0.717, 1.165) is 24.6 Å². The number of aryl methyl sites for hydroxylation is 1. The van der Waals surface area contributed by atoms with Gasteiger partial charge in [0, 0.05) is 47.1 Å². The fourth-order valence-corrected chi connectivity index (χ4v) is 5.06. The second-order valence-corrected chi connectivity index (χ2v) is 9.20. The predicted molar refractivity (Wildman–Crippen MR) is 128 cm³/mol. The van der Waals surface area contributed by atoms with Gasteiger partial charge in [-0.2, -0.15) is 0 Å². The molecule has 1 aromatic carbocycles. The molecule has 5 rings (SSSR count). The van der Waals surface area contributed by atoms with Crippen molar-refractivity contribution >= 4 is 10.9 Å². The molecule has 1 aliphatic heterocycles. The van der Waals surface area contributed by atoms with Gasteiger partial charge in [0.05, 0.1) is 0 Å². The number of H-pyrrole nitrogens is 1. The Bertz CT molecular complexity index is 1110. The summed E-state index contributed by atoms with van der Waals surface area (Å²) in [4.78, 5) is 10.6. The molecule has 0 unspecified atom stereocenters. The highest BCUT2D eigenvalue weighted by Gasteiger charge is 2.21. The summed E-state index contributed by atoms with van der Waals surface area (Å²) in [6.45, 7) is 5.85. The summed E-state index contributed by atoms with van der Waals surface area (Å²) in [7, 11) is 0. The van der Waals surface area contributed by atoms with E-state index in [2.05, 4.69) is 68.5 Å². The molecule has 1 aliphatic rings. The maximum absolute atomic E-state index is 4.53. The van der Waals surface area contributed by atoms with E-state index >= 15 is 0 Å². The van der Waals surface area contributed by atoms with Gasteiger partial charge in [-0.3, -0.25) is 9.55 Å². The first-order valence-electron chi connectivity index (χ1n) is 11.8. The Morgan fingerprint density at radius 2 is 1.94 bits per heavy atom. The number of nitrogens with one attached hydrogen (secondary N) is 1. The van der Waals surface area contributed by atoms with Gasteiger partial charge in [0.15, 0.2) is 0 Å². The summed E-state index contributed by atoms with van der Waals surface area (Å²) in [5.74, 6) is 1.35. The van der Waals surface area contributed by atoms with Crippen LogP contribution in [0.2, 0.25) is 0 Å². The highest BCUT2D eigenvalue weighted by atomic mass is 15.2. The zero-order valence-electron chi connectivity index (χ0n) is 18.8. The summed E-state index contributed by atoms with van der Waals surface area (Å²) < 4.78 is 1.96. The number of nitrogens with zero attached hydrogens (tertiary/aromatic N) is 5. The molecule has 3 aromatic heterocycles. The summed E-state index contributed by atoms with van der Waals surface area (Å²) in [6, 6.07) is 12.7. The lowest BCUT2D eigenvalue weighted by atomic mass is 9.90. The van der Waals surface area contributed by atoms with Gasteiger partial charge in [0.25, 0.3) is 0 Å². The normalized spacial score (nSPS) is 16.5. The Hall–Kier alpha value is -2.99. The van der Waals surface area contributed by atoms with Crippen LogP contribution in [0.4, 0.5) is 0 Å². The van der Waals surface area contributed by atoms with E-state index < -0.39 is 0 Å². The second-order valence-electron chi connectivity index (χ2n) is 9.20. The van der Waals surface area contributed by atoms with Gasteiger partial charge in [-0.1, -0.05) is 19.4 Å². The highest BCUT2D eigenvalue weighted by Crippen LogP contribution is 2.27. The number of aromatic amines is 1. The standard InChI is InChI=1S/C26H32N6/c1-20(25-7-2-3-12-27-25)17-31-13-10-21(11-14-31)5-4-6-22-16-28-26-9-8-23(15-24(22)26)32-18-29-30-19-32/h2-3,7-9,12,15-16,18-21,28H,4-6,10-11,13-14,17H2,1H3/t20-/m0/s1. The highest BCUT2D eigenvalue weighted by molar-refractivity contribution is 5.85. The van der Waals surface area contributed by atoms with Crippen molar-refractivity contribution in [2.24, 2.45) is 5.92 Å². The van der Waals surface area contributed by atoms with Crippen LogP contribution in [-0.4, -0.2) is 49.3 Å². The Morgan fingerprint density at radius 3 is 2.72 bits per heavy atom. The molecule has 4 heterocycles. The molecule has 6 heteroatoms. The van der Waals surface area contributed by atoms with Gasteiger partial charge >= 0.3 is 0 Å². The number of hydrogen-bond acceptors (Lipinski definition) is 4. The van der Waals surface area contributed by atoms with Gasteiger partial charge in [-0.05, 0) is 80.6 Å². The number of likely N-dealkylation sites (tertiary alicyclic amines) is 1. The van der Waals surface area contributed by atoms with Crippen molar-refractivity contribution < 1.29 is 0 Å². The summed E-state index contributed by atoms with van der Waals surface area (Å²) in [6.07, 6.45) is 13.9. The molecule has 1 atom stereocenters. The average Bonchev–Trinajstić information content (AvgIpc) is 3.51. The number of rotatable bonds is 8. The van der Waals surface area contributed by atoms with Crippen molar-refractivity contribution in [2.45, 2.75) is 44.9 Å². The molecule has 0 saturated carbocycles. The fraction of sp³-hybridized carbons (Fsp3) is 0.423. The third-order valence-corrected chi connectivity index (χ3v) is 6.96. The van der Waals surface area contributed by atoms with Crippen LogP contribution in [0, 0.1) is 5.92 Å². The van der Waals surface area contributed by atoms with Crippen molar-refractivity contribution in [2.75, 3.05) is 19.6 Å². The summed E-state index contributed by atoms with van der Waals surface area (Å²) in [5.41, 5.74) is 4.93. The quantitative estimate of drug-likeness (QED) is 0.430. The van der Waals surface area contributed by atoms with E-state index in [-0.39, 0.29) is 0 Å². The molecule has 1 fully saturated rings. The van der Waals surface area contributed by atoms with Crippen molar-refractivity contribution in [3.8, 4) is 5.69 Å². The van der Waals surface area contributed by atoms with Crippen molar-refractivity contribution in [3.05, 3.63) is 72.7 Å². The lowest BCUT2D eigenvalue weighted by molar-refractivity contribution is 0.170. The first kappa shape index (κ1) is 20.9. The lowest BCUT2D eigenvalue weighted by Crippen LogP contribution is -2.36. The van der Waals surface area contributed by atoms with E-state index in [4.69, 9.17) is 0 Å². The molecule has 0 spiro atoms. The minimum absolute atomic E-state index is 0.498. The van der Waals surface area contributed by atoms with Gasteiger partial charge in [0.2, 0.25) is 0 Å². The van der Waals surface area contributed by atoms with Gasteiger partial charge in [-0.25, -0.2) is 0 Å². The number of benzene rings is 1. The molecule has 166 valence electrons. The zero-order valence-corrected chi connectivity index (χ0v) is 18.8. The summed E-state index contributed by atoms with van der Waals surface area (Å²) in [5, 5.41) is 9.16. The lowest BCUT2D eigenvalue weighted by Gasteiger charge is -2.33. The molecular weight excluding hydrogens is 396 g/mol. The Balaban J connectivity index is 1.10. The van der Waals surface area contributed by atoms with Crippen LogP contribution in [-0.2, 0) is 6.42 Å². The number of fused-ring (bicyclic) bond motifs is 1. The Labute approximate surface area is 189 Å². The van der Waals surface area contributed by atoms with Crippen molar-refractivity contribution in [3.63, 3.8) is 0 Å². The number of hydrogen-bond donors (Lipinski definition) is 1. The zero-order chi connectivity index (χ0) is 21.8. The van der Waals surface area contributed by atoms with E-state index in [1.54, 1.807) is 12.7 Å². The predicted octanol–water partition coefficient (Wildman–Crippen LogP) is 4.98. The molecule has 0 amide bonds. The first-order chi connectivity index (χ1) is 15.8. The van der Waals surface area contributed by atoms with E-state index in [9.17, 15) is 0 Å². The van der Waals surface area contributed by atoms with Crippen molar-refractivity contribution in [1.29, 1.82) is 0 Å². The minimum Gasteiger partial charge on any atom is -0.361 e. The fourth-order valence-electron chi connectivity index (χ4n) is 5.06. The van der Waals surface area contributed by atoms with Crippen LogP contribution in [0.15, 0.2) is 61.4 Å². The van der Waals surface area contributed by atoms with Crippen LogP contribution in [0.25, 0.3) is 16.6 Å². The Morgan fingerprint density at radius 1 is 1.09 bits per heavy atom. The van der Waals surface area contributed by atoms with Gasteiger partial charge in [0.1, 0.15) is 12.7 Å². The van der Waals surface area contributed by atoms with Crippen LogP contribution < -0.4 is 0 Å².